The Morgan fingerprint density at radius 2 is 1.89 bits per heavy atom. The molecule has 144 valence electrons. The van der Waals surface area contributed by atoms with Gasteiger partial charge in [-0.1, -0.05) is 6.07 Å². The first-order valence-electron chi connectivity index (χ1n) is 8.98. The predicted molar refractivity (Wildman–Crippen MR) is 102 cm³/mol. The van der Waals surface area contributed by atoms with Crippen LogP contribution in [0.4, 0.5) is 10.5 Å². The van der Waals surface area contributed by atoms with Gasteiger partial charge in [0.1, 0.15) is 11.5 Å². The van der Waals surface area contributed by atoms with Crippen molar-refractivity contribution in [2.24, 2.45) is 5.92 Å². The third-order valence-corrected chi connectivity index (χ3v) is 4.68. The number of methoxy groups -OCH3 is 2. The largest absolute Gasteiger partial charge is 0.497 e. The van der Waals surface area contributed by atoms with Gasteiger partial charge in [-0.05, 0) is 30.4 Å². The first kappa shape index (κ1) is 19.0. The molecular formula is C20H25N3O4. The molecule has 0 aliphatic carbocycles. The molecule has 1 atom stereocenters. The summed E-state index contributed by atoms with van der Waals surface area (Å²) in [5, 5.41) is 5.97. The Morgan fingerprint density at radius 1 is 1.19 bits per heavy atom. The molecule has 2 heterocycles. The van der Waals surface area contributed by atoms with Crippen LogP contribution in [0.15, 0.2) is 42.7 Å². The zero-order valence-electron chi connectivity index (χ0n) is 15.6. The van der Waals surface area contributed by atoms with Crippen molar-refractivity contribution in [3.05, 3.63) is 48.3 Å². The summed E-state index contributed by atoms with van der Waals surface area (Å²) in [4.78, 5) is 16.9. The van der Waals surface area contributed by atoms with Crippen molar-refractivity contribution in [1.29, 1.82) is 0 Å². The summed E-state index contributed by atoms with van der Waals surface area (Å²) in [5.41, 5.74) is 1.59. The zero-order chi connectivity index (χ0) is 19.1. The zero-order valence-corrected chi connectivity index (χ0v) is 15.6. The smallest absolute Gasteiger partial charge is 0.319 e. The van der Waals surface area contributed by atoms with E-state index in [2.05, 4.69) is 15.6 Å². The Labute approximate surface area is 159 Å². The van der Waals surface area contributed by atoms with Crippen molar-refractivity contribution in [3.63, 3.8) is 0 Å². The van der Waals surface area contributed by atoms with Crippen LogP contribution in [0.5, 0.6) is 11.5 Å². The fraction of sp³-hybridized carbons (Fsp3) is 0.400. The van der Waals surface area contributed by atoms with Crippen molar-refractivity contribution in [2.75, 3.05) is 32.8 Å². The second kappa shape index (κ2) is 9.23. The van der Waals surface area contributed by atoms with Crippen molar-refractivity contribution in [2.45, 2.75) is 18.9 Å². The average molecular weight is 371 g/mol. The van der Waals surface area contributed by atoms with Crippen LogP contribution in [-0.2, 0) is 4.74 Å². The summed E-state index contributed by atoms with van der Waals surface area (Å²) in [6, 6.07) is 8.70. The van der Waals surface area contributed by atoms with E-state index in [1.54, 1.807) is 44.8 Å². The molecule has 2 amide bonds. The van der Waals surface area contributed by atoms with E-state index in [4.69, 9.17) is 14.2 Å². The van der Waals surface area contributed by atoms with Crippen molar-refractivity contribution in [1.82, 2.24) is 10.3 Å². The monoisotopic (exact) mass is 371 g/mol. The summed E-state index contributed by atoms with van der Waals surface area (Å²) in [5.74, 6) is 1.52. The molecule has 1 aliphatic heterocycles. The Hall–Kier alpha value is -2.80. The van der Waals surface area contributed by atoms with Crippen LogP contribution in [-0.4, -0.2) is 38.4 Å². The van der Waals surface area contributed by atoms with Crippen LogP contribution < -0.4 is 20.1 Å². The lowest BCUT2D eigenvalue weighted by atomic mass is 9.88. The molecular weight excluding hydrogens is 346 g/mol. The third-order valence-electron chi connectivity index (χ3n) is 4.68. The number of hydrogen-bond donors (Lipinski definition) is 2. The maximum Gasteiger partial charge on any atom is 0.319 e. The lowest BCUT2D eigenvalue weighted by Gasteiger charge is -2.31. The van der Waals surface area contributed by atoms with Crippen molar-refractivity contribution < 1.29 is 19.0 Å². The lowest BCUT2D eigenvalue weighted by molar-refractivity contribution is 0.0550. The molecule has 0 saturated carbocycles. The minimum atomic E-state index is -0.286. The fourth-order valence-corrected chi connectivity index (χ4v) is 3.27. The number of carbonyl (C=O) groups is 1. The van der Waals surface area contributed by atoms with Gasteiger partial charge in [0, 0.05) is 49.5 Å². The first-order valence-corrected chi connectivity index (χ1v) is 8.98. The van der Waals surface area contributed by atoms with Crippen LogP contribution in [0.25, 0.3) is 0 Å². The molecule has 1 unspecified atom stereocenters. The summed E-state index contributed by atoms with van der Waals surface area (Å²) in [6.07, 6.45) is 5.32. The Bertz CT molecular complexity index is 726. The van der Waals surface area contributed by atoms with Gasteiger partial charge in [0.2, 0.25) is 0 Å². The number of nitrogens with zero attached hydrogens (tertiary/aromatic N) is 1. The molecule has 1 aromatic heterocycles. The van der Waals surface area contributed by atoms with Gasteiger partial charge in [-0.3, -0.25) is 4.98 Å². The molecule has 7 nitrogen and oxygen atoms in total. The van der Waals surface area contributed by atoms with Crippen LogP contribution >= 0.6 is 0 Å². The number of anilines is 1. The number of aromatic nitrogens is 1. The van der Waals surface area contributed by atoms with E-state index in [1.165, 1.54) is 0 Å². The van der Waals surface area contributed by atoms with Crippen molar-refractivity contribution in [3.8, 4) is 11.5 Å². The van der Waals surface area contributed by atoms with Gasteiger partial charge < -0.3 is 24.8 Å². The molecule has 0 bridgehead atoms. The van der Waals surface area contributed by atoms with E-state index in [1.807, 2.05) is 12.1 Å². The Kier molecular flexibility index (Phi) is 6.49. The molecule has 1 aromatic carbocycles. The Balaban J connectivity index is 1.74. The quantitative estimate of drug-likeness (QED) is 0.813. The summed E-state index contributed by atoms with van der Waals surface area (Å²) >= 11 is 0. The SMILES string of the molecule is COc1cc(NC(=O)NC(c2cccnc2)C2CCOCC2)cc(OC)c1. The van der Waals surface area contributed by atoms with Gasteiger partial charge in [0.05, 0.1) is 20.3 Å². The minimum absolute atomic E-state index is 0.130. The highest BCUT2D eigenvalue weighted by atomic mass is 16.5. The van der Waals surface area contributed by atoms with E-state index >= 15 is 0 Å². The van der Waals surface area contributed by atoms with Gasteiger partial charge >= 0.3 is 6.03 Å². The van der Waals surface area contributed by atoms with E-state index in [-0.39, 0.29) is 12.1 Å². The van der Waals surface area contributed by atoms with Gasteiger partial charge in [0.25, 0.3) is 0 Å². The molecule has 1 aliphatic rings. The van der Waals surface area contributed by atoms with E-state index in [0.29, 0.717) is 36.3 Å². The van der Waals surface area contributed by atoms with E-state index < -0.39 is 0 Å². The normalized spacial score (nSPS) is 15.6. The molecule has 1 saturated heterocycles. The number of nitrogens with one attached hydrogen (secondary N) is 2. The van der Waals surface area contributed by atoms with Gasteiger partial charge in [-0.25, -0.2) is 4.79 Å². The van der Waals surface area contributed by atoms with Crippen molar-refractivity contribution >= 4 is 11.7 Å². The number of hydrogen-bond acceptors (Lipinski definition) is 5. The van der Waals surface area contributed by atoms with Crippen LogP contribution in [0.2, 0.25) is 0 Å². The topological polar surface area (TPSA) is 81.7 Å². The highest BCUT2D eigenvalue weighted by Crippen LogP contribution is 2.30. The summed E-state index contributed by atoms with van der Waals surface area (Å²) < 4.78 is 16.0. The van der Waals surface area contributed by atoms with Crippen LogP contribution in [0.3, 0.4) is 0 Å². The van der Waals surface area contributed by atoms with E-state index in [0.717, 1.165) is 18.4 Å². The van der Waals surface area contributed by atoms with Gasteiger partial charge in [0.15, 0.2) is 0 Å². The molecule has 0 radical (unpaired) electrons. The van der Waals surface area contributed by atoms with Crippen LogP contribution in [0, 0.1) is 5.92 Å². The second-order valence-electron chi connectivity index (χ2n) is 6.41. The number of rotatable bonds is 6. The summed E-state index contributed by atoms with van der Waals surface area (Å²) in [7, 11) is 3.14. The molecule has 27 heavy (non-hydrogen) atoms. The fourth-order valence-electron chi connectivity index (χ4n) is 3.27. The standard InChI is InChI=1S/C20H25N3O4/c1-25-17-10-16(11-18(12-17)26-2)22-20(24)23-19(14-5-8-27-9-6-14)15-4-3-7-21-13-15/h3-4,7,10-14,19H,5-6,8-9H2,1-2H3,(H2,22,23,24). The molecule has 1 fully saturated rings. The van der Waals surface area contributed by atoms with Gasteiger partial charge in [-0.15, -0.1) is 0 Å². The molecule has 7 heteroatoms. The van der Waals surface area contributed by atoms with E-state index in [9.17, 15) is 4.79 Å². The van der Waals surface area contributed by atoms with Crippen LogP contribution in [0.1, 0.15) is 24.4 Å². The Morgan fingerprint density at radius 3 is 2.48 bits per heavy atom. The second-order valence-corrected chi connectivity index (χ2v) is 6.41. The number of carbonyl (C=O) groups excluding carboxylic acids is 1. The maximum atomic E-state index is 12.7. The molecule has 2 N–H and O–H groups in total. The number of ether oxygens (including phenoxy) is 3. The number of pyridine rings is 1. The minimum Gasteiger partial charge on any atom is -0.497 e. The maximum absolute atomic E-state index is 12.7. The third kappa shape index (κ3) is 5.10. The lowest BCUT2D eigenvalue weighted by Crippen LogP contribution is -2.38. The molecule has 3 rings (SSSR count). The highest BCUT2D eigenvalue weighted by Gasteiger charge is 2.27. The number of amides is 2. The molecule has 2 aromatic rings. The highest BCUT2D eigenvalue weighted by molar-refractivity contribution is 5.90. The average Bonchev–Trinajstić information content (AvgIpc) is 2.73. The molecule has 0 spiro atoms. The first-order chi connectivity index (χ1) is 13.2. The predicted octanol–water partition coefficient (Wildman–Crippen LogP) is 3.39. The number of urea groups is 1. The summed E-state index contributed by atoms with van der Waals surface area (Å²) in [6.45, 7) is 1.41. The number of benzene rings is 1. The van der Waals surface area contributed by atoms with Gasteiger partial charge in [-0.2, -0.15) is 0 Å².